The van der Waals surface area contributed by atoms with Crippen molar-refractivity contribution in [3.05, 3.63) is 52.6 Å². The zero-order valence-electron chi connectivity index (χ0n) is 13.8. The van der Waals surface area contributed by atoms with Gasteiger partial charge in [0.05, 0.1) is 0 Å². The maximum absolute atomic E-state index is 12.4. The molecule has 0 aliphatic carbocycles. The molecule has 1 aromatic carbocycles. The Labute approximate surface area is 151 Å². The van der Waals surface area contributed by atoms with Crippen molar-refractivity contribution in [2.45, 2.75) is 6.67 Å². The van der Waals surface area contributed by atoms with Crippen molar-refractivity contribution < 1.29 is 19.2 Å². The fourth-order valence-electron chi connectivity index (χ4n) is 2.46. The van der Waals surface area contributed by atoms with Gasteiger partial charge in [0.15, 0.2) is 23.9 Å². The fourth-order valence-corrected chi connectivity index (χ4v) is 2.46. The number of benzene rings is 1. The van der Waals surface area contributed by atoms with E-state index in [4.69, 9.17) is 9.47 Å². The lowest BCUT2D eigenvalue weighted by Gasteiger charge is -2.18. The van der Waals surface area contributed by atoms with Crippen molar-refractivity contribution in [1.82, 2.24) is 24.5 Å². The lowest BCUT2D eigenvalue weighted by molar-refractivity contribution is -0.394. The molecule has 0 saturated carbocycles. The van der Waals surface area contributed by atoms with Crippen molar-refractivity contribution in [2.24, 2.45) is 0 Å². The lowest BCUT2D eigenvalue weighted by Crippen LogP contribution is -2.17. The Morgan fingerprint density at radius 1 is 1.19 bits per heavy atom. The topological polar surface area (TPSA) is 139 Å². The van der Waals surface area contributed by atoms with Crippen molar-refractivity contribution >= 4 is 17.5 Å². The number of nitrogens with zero attached hydrogens (tertiary/aromatic N) is 6. The summed E-state index contributed by atoms with van der Waals surface area (Å²) in [6.07, 6.45) is 2.78. The number of hydrogen-bond acceptors (Lipinski definition) is 8. The van der Waals surface area contributed by atoms with Crippen LogP contribution in [0.15, 0.2) is 36.8 Å². The molecule has 3 aromatic rings. The molecule has 1 aliphatic heterocycles. The minimum absolute atomic E-state index is 0.0815. The second kappa shape index (κ2) is 6.74. The van der Waals surface area contributed by atoms with Gasteiger partial charge in [-0.25, -0.2) is 4.68 Å². The van der Waals surface area contributed by atoms with E-state index in [0.717, 1.165) is 0 Å². The predicted molar refractivity (Wildman–Crippen MR) is 89.7 cm³/mol. The summed E-state index contributed by atoms with van der Waals surface area (Å²) in [7, 11) is 0. The van der Waals surface area contributed by atoms with Crippen LogP contribution in [0.2, 0.25) is 0 Å². The first-order valence-electron chi connectivity index (χ1n) is 7.87. The van der Waals surface area contributed by atoms with Crippen LogP contribution < -0.4 is 14.8 Å². The second-order valence-electron chi connectivity index (χ2n) is 5.54. The van der Waals surface area contributed by atoms with E-state index in [-0.39, 0.29) is 12.4 Å². The molecule has 0 saturated heterocycles. The monoisotopic (exact) mass is 371 g/mol. The maximum Gasteiger partial charge on any atom is 0.491 e. The van der Waals surface area contributed by atoms with Crippen molar-refractivity contribution in [1.29, 1.82) is 0 Å². The number of ether oxygens (including phenoxy) is 2. The summed E-state index contributed by atoms with van der Waals surface area (Å²) in [6, 6.07) is 6.63. The summed E-state index contributed by atoms with van der Waals surface area (Å²) in [5.41, 5.74) is 0.727. The number of fused-ring (bicyclic) bond motifs is 1. The van der Waals surface area contributed by atoms with Crippen molar-refractivity contribution in [2.75, 3.05) is 18.5 Å². The quantitative estimate of drug-likeness (QED) is 0.516. The predicted octanol–water partition coefficient (Wildman–Crippen LogP) is 0.912. The number of rotatable bonds is 5. The average molecular weight is 371 g/mol. The third-order valence-electron chi connectivity index (χ3n) is 3.65. The Balaban J connectivity index is 1.43. The molecule has 138 valence electrons. The zero-order valence-corrected chi connectivity index (χ0v) is 13.8. The summed E-state index contributed by atoms with van der Waals surface area (Å²) >= 11 is 0. The summed E-state index contributed by atoms with van der Waals surface area (Å²) in [6.45, 7) is 1.03. The van der Waals surface area contributed by atoms with E-state index in [2.05, 4.69) is 20.5 Å². The molecule has 1 N–H and O–H groups in total. The standard InChI is InChI=1S/C15H13N7O5/c23-14(17-10-1-2-12-13(7-10)27-6-5-26-12)11-3-4-20(18-11)9-21-8-16-15(19-21)22(24)25/h1-4,7-8H,5-6,9H2,(H,17,23). The number of carbonyl (C=O) groups is 1. The molecule has 0 bridgehead atoms. The highest BCUT2D eigenvalue weighted by Gasteiger charge is 2.16. The van der Waals surface area contributed by atoms with Gasteiger partial charge in [0.25, 0.3) is 5.91 Å². The molecule has 4 rings (SSSR count). The van der Waals surface area contributed by atoms with Gasteiger partial charge in [-0.15, -0.1) is 0 Å². The molecular formula is C15H13N7O5. The molecule has 12 heteroatoms. The molecule has 0 unspecified atom stereocenters. The van der Waals surface area contributed by atoms with E-state index in [0.29, 0.717) is 30.4 Å². The SMILES string of the molecule is O=C(Nc1ccc2c(c1)OCCO2)c1ccn(Cn2cnc([N+](=O)[O-])n2)n1. The van der Waals surface area contributed by atoms with E-state index in [1.54, 1.807) is 24.4 Å². The fraction of sp³-hybridized carbons (Fsp3) is 0.200. The van der Waals surface area contributed by atoms with Crippen LogP contribution in [-0.4, -0.2) is 48.6 Å². The number of nitro groups is 1. The molecule has 0 atom stereocenters. The summed E-state index contributed by atoms with van der Waals surface area (Å²) in [5, 5.41) is 21.1. The molecule has 3 heterocycles. The molecule has 12 nitrogen and oxygen atoms in total. The molecule has 0 spiro atoms. The number of nitrogens with one attached hydrogen (secondary N) is 1. The first-order valence-corrected chi connectivity index (χ1v) is 7.87. The van der Waals surface area contributed by atoms with Gasteiger partial charge in [0, 0.05) is 23.0 Å². The molecule has 1 amide bonds. The minimum Gasteiger partial charge on any atom is -0.486 e. The Morgan fingerprint density at radius 3 is 2.78 bits per heavy atom. The molecule has 2 aromatic heterocycles. The van der Waals surface area contributed by atoms with Crippen LogP contribution in [0.3, 0.4) is 0 Å². The normalized spacial score (nSPS) is 12.6. The lowest BCUT2D eigenvalue weighted by atomic mass is 10.2. The zero-order chi connectivity index (χ0) is 18.8. The van der Waals surface area contributed by atoms with Crippen LogP contribution in [0.4, 0.5) is 11.6 Å². The second-order valence-corrected chi connectivity index (χ2v) is 5.54. The van der Waals surface area contributed by atoms with Gasteiger partial charge in [-0.1, -0.05) is 4.98 Å². The van der Waals surface area contributed by atoms with Gasteiger partial charge in [-0.2, -0.15) is 9.78 Å². The number of anilines is 1. The van der Waals surface area contributed by atoms with Crippen molar-refractivity contribution in [3.8, 4) is 11.5 Å². The van der Waals surface area contributed by atoms with E-state index in [9.17, 15) is 14.9 Å². The molecule has 1 aliphatic rings. The maximum atomic E-state index is 12.4. The Hall–Kier alpha value is -3.96. The molecule has 0 radical (unpaired) electrons. The summed E-state index contributed by atoms with van der Waals surface area (Å²) < 4.78 is 13.6. The molecule has 0 fully saturated rings. The molecule has 27 heavy (non-hydrogen) atoms. The smallest absolute Gasteiger partial charge is 0.486 e. The van der Waals surface area contributed by atoms with Crippen LogP contribution in [0, 0.1) is 10.1 Å². The summed E-state index contributed by atoms with van der Waals surface area (Å²) in [5.74, 6) is 0.288. The summed E-state index contributed by atoms with van der Waals surface area (Å²) in [4.78, 5) is 25.8. The third-order valence-corrected chi connectivity index (χ3v) is 3.65. The number of amides is 1. The highest BCUT2D eigenvalue weighted by Crippen LogP contribution is 2.32. The number of aromatic nitrogens is 5. The van der Waals surface area contributed by atoms with Gasteiger partial charge < -0.3 is 24.9 Å². The van der Waals surface area contributed by atoms with Crippen LogP contribution in [0.1, 0.15) is 10.5 Å². The number of carbonyl (C=O) groups excluding carboxylic acids is 1. The number of hydrogen-bond donors (Lipinski definition) is 1. The van der Waals surface area contributed by atoms with Crippen LogP contribution in [0.25, 0.3) is 0 Å². The first kappa shape index (κ1) is 16.5. The first-order chi connectivity index (χ1) is 13.1. The van der Waals surface area contributed by atoms with Gasteiger partial charge in [0.2, 0.25) is 6.33 Å². The van der Waals surface area contributed by atoms with Gasteiger partial charge in [-0.3, -0.25) is 4.79 Å². The highest BCUT2D eigenvalue weighted by molar-refractivity contribution is 6.02. The van der Waals surface area contributed by atoms with E-state index < -0.39 is 16.8 Å². The van der Waals surface area contributed by atoms with Gasteiger partial charge >= 0.3 is 5.95 Å². The van der Waals surface area contributed by atoms with Gasteiger partial charge in [-0.05, 0) is 23.1 Å². The Morgan fingerprint density at radius 2 is 2.00 bits per heavy atom. The highest BCUT2D eigenvalue weighted by atomic mass is 16.6. The van der Waals surface area contributed by atoms with E-state index in [1.165, 1.54) is 21.8 Å². The Kier molecular flexibility index (Phi) is 4.12. The van der Waals surface area contributed by atoms with Crippen molar-refractivity contribution in [3.63, 3.8) is 0 Å². The average Bonchev–Trinajstić information content (AvgIpc) is 3.32. The van der Waals surface area contributed by atoms with E-state index in [1.807, 2.05) is 0 Å². The van der Waals surface area contributed by atoms with E-state index >= 15 is 0 Å². The van der Waals surface area contributed by atoms with Crippen LogP contribution in [0.5, 0.6) is 11.5 Å². The third kappa shape index (κ3) is 3.53. The Bertz CT molecular complexity index is 1010. The minimum atomic E-state index is -0.689. The molecular weight excluding hydrogens is 358 g/mol. The van der Waals surface area contributed by atoms with Crippen LogP contribution >= 0.6 is 0 Å². The van der Waals surface area contributed by atoms with Crippen LogP contribution in [-0.2, 0) is 6.67 Å². The van der Waals surface area contributed by atoms with Gasteiger partial charge in [0.1, 0.15) is 13.2 Å². The largest absolute Gasteiger partial charge is 0.491 e.